The number of aliphatic hydroxyl groups excluding tert-OH is 2. The van der Waals surface area contributed by atoms with Crippen molar-refractivity contribution in [2.45, 2.75) is 56.8 Å². The van der Waals surface area contributed by atoms with Gasteiger partial charge in [0.1, 0.15) is 72.8 Å². The van der Waals surface area contributed by atoms with Gasteiger partial charge in [-0.05, 0) is 76.2 Å². The fourth-order valence-electron chi connectivity index (χ4n) is 5.14. The number of aryl methyl sites for hydroxylation is 2. The second kappa shape index (κ2) is 23.1. The number of Topliss-reactive ketones (excluding diaryl/α,β-unsaturated/α-hetero) is 3. The normalized spacial score (nSPS) is 12.3. The zero-order valence-corrected chi connectivity index (χ0v) is 36.2. The first-order chi connectivity index (χ1) is 29.5. The monoisotopic (exact) mass is 915 g/mol. The SMILES string of the molecule is CC(=O)C1=C(O)C=C[C+]=C1O.CC(=O)c1c(O)cccc1OCC(F)COc1cccc(O)c1C(C)=O.Cc1ccc(S(=O)(=O)OCC(F)COS(=O)(=O)c2ccc(C)cc2)cc1. The van der Waals surface area contributed by atoms with Crippen molar-refractivity contribution in [1.82, 2.24) is 0 Å². The summed E-state index contributed by atoms with van der Waals surface area (Å²) in [6.45, 7) is 4.85. The summed E-state index contributed by atoms with van der Waals surface area (Å²) in [5.74, 6) is -2.06. The van der Waals surface area contributed by atoms with Crippen molar-refractivity contribution < 1.29 is 78.3 Å². The molecule has 0 bridgehead atoms. The van der Waals surface area contributed by atoms with Crippen molar-refractivity contribution in [1.29, 1.82) is 0 Å². The molecule has 0 fully saturated rings. The lowest BCUT2D eigenvalue weighted by Gasteiger charge is -2.15. The second-order valence-corrected chi connectivity index (χ2v) is 16.7. The van der Waals surface area contributed by atoms with Crippen molar-refractivity contribution >= 4 is 37.6 Å². The highest BCUT2D eigenvalue weighted by Gasteiger charge is 2.27. The minimum atomic E-state index is -4.13. The molecule has 4 aromatic rings. The van der Waals surface area contributed by atoms with Crippen LogP contribution in [0.15, 0.2) is 124 Å². The van der Waals surface area contributed by atoms with Crippen LogP contribution in [-0.2, 0) is 33.4 Å². The molecule has 0 heterocycles. The Morgan fingerprint density at radius 1 is 0.587 bits per heavy atom. The average Bonchev–Trinajstić information content (AvgIpc) is 3.21. The summed E-state index contributed by atoms with van der Waals surface area (Å²) in [7, 11) is -8.26. The van der Waals surface area contributed by atoms with Crippen molar-refractivity contribution in [3.8, 4) is 23.0 Å². The molecular weight excluding hydrogens is 871 g/mol. The van der Waals surface area contributed by atoms with Gasteiger partial charge in [0.15, 0.2) is 17.7 Å². The lowest BCUT2D eigenvalue weighted by molar-refractivity contribution is -0.113. The van der Waals surface area contributed by atoms with Crippen molar-refractivity contribution in [2.75, 3.05) is 26.4 Å². The van der Waals surface area contributed by atoms with Gasteiger partial charge in [-0.3, -0.25) is 22.7 Å². The molecule has 0 saturated heterocycles. The van der Waals surface area contributed by atoms with E-state index in [1.165, 1.54) is 93.6 Å². The molecule has 63 heavy (non-hydrogen) atoms. The molecule has 0 aromatic heterocycles. The van der Waals surface area contributed by atoms with Crippen LogP contribution in [0.5, 0.6) is 23.0 Å². The number of carbonyl (C=O) groups excluding carboxylic acids is 3. The molecule has 5 rings (SSSR count). The fraction of sp³-hybridized carbons (Fsp3) is 0.250. The Balaban J connectivity index is 0.000000272. The maximum absolute atomic E-state index is 14.1. The van der Waals surface area contributed by atoms with E-state index in [1.807, 2.05) is 0 Å². The number of allylic oxidation sites excluding steroid dienone is 4. The number of aliphatic hydroxyl groups is 2. The van der Waals surface area contributed by atoms with E-state index in [2.05, 4.69) is 14.4 Å². The van der Waals surface area contributed by atoms with E-state index in [0.717, 1.165) is 11.1 Å². The van der Waals surface area contributed by atoms with Crippen LogP contribution in [0, 0.1) is 19.9 Å². The van der Waals surface area contributed by atoms with Crippen LogP contribution in [0.25, 0.3) is 0 Å². The summed E-state index contributed by atoms with van der Waals surface area (Å²) in [4.78, 5) is 33.7. The number of ketones is 3. The van der Waals surface area contributed by atoms with E-state index in [-0.39, 0.29) is 66.8 Å². The summed E-state index contributed by atoms with van der Waals surface area (Å²) in [5, 5.41) is 37.5. The molecule has 0 aliphatic heterocycles. The van der Waals surface area contributed by atoms with Gasteiger partial charge in [-0.1, -0.05) is 47.5 Å². The lowest BCUT2D eigenvalue weighted by Crippen LogP contribution is -2.22. The summed E-state index contributed by atoms with van der Waals surface area (Å²) in [6.07, 6.45) is 1.54. The first kappa shape index (κ1) is 50.9. The molecule has 0 saturated carbocycles. The van der Waals surface area contributed by atoms with Crippen LogP contribution in [0.3, 0.4) is 0 Å². The molecule has 4 N–H and O–H groups in total. The fourth-order valence-corrected chi connectivity index (χ4v) is 7.00. The maximum Gasteiger partial charge on any atom is 0.302 e. The molecule has 336 valence electrons. The molecule has 0 amide bonds. The number of phenolic OH excluding ortho intramolecular Hbond substituents is 2. The van der Waals surface area contributed by atoms with Gasteiger partial charge < -0.3 is 29.9 Å². The Kier molecular flexibility index (Phi) is 18.6. The lowest BCUT2D eigenvalue weighted by atomic mass is 10.1. The molecule has 0 spiro atoms. The number of alkyl halides is 2. The highest BCUT2D eigenvalue weighted by molar-refractivity contribution is 7.87. The Bertz CT molecular complexity index is 2420. The number of ether oxygens (including phenoxy) is 2. The molecular formula is C44H45F2O15S2+. The average molecular weight is 916 g/mol. The number of phenols is 2. The molecule has 4 aromatic carbocycles. The minimum Gasteiger partial charge on any atom is -0.507 e. The zero-order valence-electron chi connectivity index (χ0n) is 34.6. The first-order valence-corrected chi connectivity index (χ1v) is 21.4. The van der Waals surface area contributed by atoms with Crippen LogP contribution >= 0.6 is 0 Å². The van der Waals surface area contributed by atoms with Crippen LogP contribution in [0.4, 0.5) is 8.78 Å². The summed E-state index contributed by atoms with van der Waals surface area (Å²) in [6, 6.07) is 20.2. The molecule has 0 atom stereocenters. The van der Waals surface area contributed by atoms with Crippen molar-refractivity contribution in [2.24, 2.45) is 0 Å². The zero-order chi connectivity index (χ0) is 47.1. The number of hydrogen-bond acceptors (Lipinski definition) is 15. The highest BCUT2D eigenvalue weighted by Crippen LogP contribution is 2.30. The predicted octanol–water partition coefficient (Wildman–Crippen LogP) is 7.25. The minimum absolute atomic E-state index is 0.0209. The third kappa shape index (κ3) is 15.4. The third-order valence-corrected chi connectivity index (χ3v) is 10.9. The number of rotatable bonds is 17. The summed E-state index contributed by atoms with van der Waals surface area (Å²) in [5.41, 5.74) is 1.61. The maximum atomic E-state index is 14.1. The standard InChI is InChI=1S/C19H19FO6.C17H19FO6S2.C8H6O3/c1-11(21)18-14(23)5-3-7-16(18)25-9-13(20)10-26-17-8-4-6-15(24)19(17)12(2)22;1-13-3-7-16(8-4-13)25(19,20)23-11-15(18)12-24-26(21,22)17-9-5-14(2)6-10-17;1-5(9)8-6(10)3-2-4-7(8)11/h3-8,13,23-24H,9-10H2,1-2H3;3-10,15H,11-12H2,1-2H3;2-3H,1H3,(H-,9,10,11)/p+1. The second-order valence-electron chi connectivity index (χ2n) is 13.5. The Morgan fingerprint density at radius 3 is 1.30 bits per heavy atom. The third-order valence-electron chi connectivity index (χ3n) is 8.29. The van der Waals surface area contributed by atoms with Crippen molar-refractivity contribution in [3.63, 3.8) is 0 Å². The molecule has 19 heteroatoms. The van der Waals surface area contributed by atoms with E-state index in [9.17, 15) is 50.2 Å². The Labute approximate surface area is 363 Å². The van der Waals surface area contributed by atoms with E-state index >= 15 is 0 Å². The van der Waals surface area contributed by atoms with Gasteiger partial charge in [0.25, 0.3) is 20.2 Å². The number of benzene rings is 4. The number of carbonyl (C=O) groups is 3. The van der Waals surface area contributed by atoms with Crippen LogP contribution in [-0.4, -0.2) is 93.4 Å². The van der Waals surface area contributed by atoms with Gasteiger partial charge in [0.05, 0.1) is 21.9 Å². The largest absolute Gasteiger partial charge is 0.507 e. The molecule has 1 aliphatic carbocycles. The van der Waals surface area contributed by atoms with Gasteiger partial charge in [0.2, 0.25) is 17.1 Å². The molecule has 1 aliphatic rings. The van der Waals surface area contributed by atoms with E-state index < -0.39 is 70.6 Å². The van der Waals surface area contributed by atoms with Crippen molar-refractivity contribution in [3.05, 3.63) is 143 Å². The summed E-state index contributed by atoms with van der Waals surface area (Å²) < 4.78 is 95.6. The van der Waals surface area contributed by atoms with Crippen LogP contribution in [0.2, 0.25) is 0 Å². The summed E-state index contributed by atoms with van der Waals surface area (Å²) >= 11 is 0. The highest BCUT2D eigenvalue weighted by atomic mass is 32.2. The van der Waals surface area contributed by atoms with E-state index in [4.69, 9.17) is 19.7 Å². The van der Waals surface area contributed by atoms with Gasteiger partial charge in [-0.25, -0.2) is 8.78 Å². The quantitative estimate of drug-likeness (QED) is 0.0464. The number of hydrogen-bond donors (Lipinski definition) is 4. The Morgan fingerprint density at radius 2 is 0.968 bits per heavy atom. The van der Waals surface area contributed by atoms with Gasteiger partial charge in [0, 0.05) is 6.92 Å². The Hall–Kier alpha value is -6.50. The molecule has 0 unspecified atom stereocenters. The predicted molar refractivity (Wildman–Crippen MR) is 224 cm³/mol. The smallest absolute Gasteiger partial charge is 0.302 e. The van der Waals surface area contributed by atoms with E-state index in [1.54, 1.807) is 38.1 Å². The van der Waals surface area contributed by atoms with Gasteiger partial charge in [-0.15, -0.1) is 0 Å². The van der Waals surface area contributed by atoms with E-state index in [0.29, 0.717) is 0 Å². The van der Waals surface area contributed by atoms with Crippen LogP contribution in [0.1, 0.15) is 52.6 Å². The number of aromatic hydroxyl groups is 2. The van der Waals surface area contributed by atoms with Crippen LogP contribution < -0.4 is 9.47 Å². The topological polar surface area (TPSA) is 237 Å². The van der Waals surface area contributed by atoms with Gasteiger partial charge in [-0.2, -0.15) is 16.8 Å². The van der Waals surface area contributed by atoms with Gasteiger partial charge >= 0.3 is 5.76 Å². The number of halogens is 2. The molecule has 15 nitrogen and oxygen atoms in total. The molecule has 0 radical (unpaired) electrons. The first-order valence-electron chi connectivity index (χ1n) is 18.6.